The van der Waals surface area contributed by atoms with Crippen LogP contribution in [0.1, 0.15) is 32.6 Å². The van der Waals surface area contributed by atoms with Gasteiger partial charge in [-0.1, -0.05) is 12.8 Å². The van der Waals surface area contributed by atoms with Gasteiger partial charge in [-0.15, -0.1) is 0 Å². The van der Waals surface area contributed by atoms with Gasteiger partial charge in [0.15, 0.2) is 5.82 Å². The van der Waals surface area contributed by atoms with Crippen molar-refractivity contribution in [1.29, 1.82) is 0 Å². The summed E-state index contributed by atoms with van der Waals surface area (Å²) in [6.07, 6.45) is 7.49. The summed E-state index contributed by atoms with van der Waals surface area (Å²) in [7, 11) is 2.03. The SMILES string of the molecule is CCN(CC1CCCC1)c1nc2ccn(C)c2cc1N. The van der Waals surface area contributed by atoms with Gasteiger partial charge >= 0.3 is 0 Å². The van der Waals surface area contributed by atoms with Crippen LogP contribution in [-0.4, -0.2) is 22.6 Å². The minimum atomic E-state index is 0.791. The highest BCUT2D eigenvalue weighted by Crippen LogP contribution is 2.30. The van der Waals surface area contributed by atoms with Gasteiger partial charge in [0, 0.05) is 26.3 Å². The van der Waals surface area contributed by atoms with Crippen LogP contribution >= 0.6 is 0 Å². The summed E-state index contributed by atoms with van der Waals surface area (Å²) in [4.78, 5) is 7.13. The molecule has 0 radical (unpaired) electrons. The van der Waals surface area contributed by atoms with Crippen LogP contribution in [0.15, 0.2) is 18.3 Å². The third-order valence-electron chi connectivity index (χ3n) is 4.51. The van der Waals surface area contributed by atoms with Crippen molar-refractivity contribution in [1.82, 2.24) is 9.55 Å². The van der Waals surface area contributed by atoms with Crippen molar-refractivity contribution in [3.63, 3.8) is 0 Å². The zero-order valence-electron chi connectivity index (χ0n) is 12.5. The van der Waals surface area contributed by atoms with Gasteiger partial charge in [0.1, 0.15) is 0 Å². The van der Waals surface area contributed by atoms with Crippen LogP contribution in [0.25, 0.3) is 11.0 Å². The molecule has 1 saturated carbocycles. The van der Waals surface area contributed by atoms with E-state index in [1.54, 1.807) is 0 Å². The maximum Gasteiger partial charge on any atom is 0.152 e. The molecule has 0 spiro atoms. The fraction of sp³-hybridized carbons (Fsp3) is 0.562. The first-order valence-electron chi connectivity index (χ1n) is 7.65. The highest BCUT2D eigenvalue weighted by atomic mass is 15.2. The van der Waals surface area contributed by atoms with Crippen molar-refractivity contribution in [2.45, 2.75) is 32.6 Å². The quantitative estimate of drug-likeness (QED) is 0.930. The van der Waals surface area contributed by atoms with E-state index >= 15 is 0 Å². The Kier molecular flexibility index (Phi) is 3.55. The minimum Gasteiger partial charge on any atom is -0.396 e. The van der Waals surface area contributed by atoms with Gasteiger partial charge in [-0.25, -0.2) is 4.98 Å². The van der Waals surface area contributed by atoms with Crippen LogP contribution in [0, 0.1) is 5.92 Å². The fourth-order valence-corrected chi connectivity index (χ4v) is 3.31. The molecule has 2 heterocycles. The number of anilines is 2. The number of nitrogens with two attached hydrogens (primary N) is 1. The van der Waals surface area contributed by atoms with Gasteiger partial charge in [0.2, 0.25) is 0 Å². The van der Waals surface area contributed by atoms with E-state index in [-0.39, 0.29) is 0 Å². The number of hydrogen-bond acceptors (Lipinski definition) is 3. The van der Waals surface area contributed by atoms with E-state index in [1.807, 2.05) is 13.2 Å². The normalized spacial score (nSPS) is 16.1. The molecule has 0 amide bonds. The zero-order chi connectivity index (χ0) is 14.1. The summed E-state index contributed by atoms with van der Waals surface area (Å²) < 4.78 is 2.07. The van der Waals surface area contributed by atoms with Crippen molar-refractivity contribution in [2.75, 3.05) is 23.7 Å². The maximum absolute atomic E-state index is 6.25. The summed E-state index contributed by atoms with van der Waals surface area (Å²) in [6.45, 7) is 4.24. The number of nitrogens with zero attached hydrogens (tertiary/aromatic N) is 3. The summed E-state index contributed by atoms with van der Waals surface area (Å²) in [6, 6.07) is 4.11. The molecule has 4 heteroatoms. The van der Waals surface area contributed by atoms with Gasteiger partial charge in [-0.05, 0) is 37.8 Å². The summed E-state index contributed by atoms with van der Waals surface area (Å²) >= 11 is 0. The predicted molar refractivity (Wildman–Crippen MR) is 85.0 cm³/mol. The summed E-state index contributed by atoms with van der Waals surface area (Å²) in [5, 5.41) is 0. The second-order valence-corrected chi connectivity index (χ2v) is 5.92. The molecule has 0 atom stereocenters. The summed E-state index contributed by atoms with van der Waals surface area (Å²) in [5.41, 5.74) is 9.17. The smallest absolute Gasteiger partial charge is 0.152 e. The number of aromatic nitrogens is 2. The fourth-order valence-electron chi connectivity index (χ4n) is 3.31. The second-order valence-electron chi connectivity index (χ2n) is 5.92. The number of fused-ring (bicyclic) bond motifs is 1. The lowest BCUT2D eigenvalue weighted by Gasteiger charge is -2.26. The first-order chi connectivity index (χ1) is 9.69. The molecule has 0 bridgehead atoms. The molecule has 1 aliphatic carbocycles. The third-order valence-corrected chi connectivity index (χ3v) is 4.51. The number of aryl methyl sites for hydroxylation is 1. The van der Waals surface area contributed by atoms with E-state index in [9.17, 15) is 0 Å². The average molecular weight is 272 g/mol. The second kappa shape index (κ2) is 5.35. The molecule has 2 N–H and O–H groups in total. The number of rotatable bonds is 4. The molecular formula is C16H24N4. The molecule has 0 aromatic carbocycles. The lowest BCUT2D eigenvalue weighted by molar-refractivity contribution is 0.534. The summed E-state index contributed by atoms with van der Waals surface area (Å²) in [5.74, 6) is 1.76. The Morgan fingerprint density at radius 3 is 2.85 bits per heavy atom. The molecule has 0 aliphatic heterocycles. The van der Waals surface area contributed by atoms with E-state index in [2.05, 4.69) is 28.5 Å². The topological polar surface area (TPSA) is 47.1 Å². The Labute approximate surface area is 120 Å². The van der Waals surface area contributed by atoms with E-state index in [4.69, 9.17) is 10.7 Å². The monoisotopic (exact) mass is 272 g/mol. The van der Waals surface area contributed by atoms with E-state index in [0.717, 1.165) is 41.5 Å². The zero-order valence-corrected chi connectivity index (χ0v) is 12.5. The predicted octanol–water partition coefficient (Wildman–Crippen LogP) is 3.17. The van der Waals surface area contributed by atoms with Crippen LogP contribution < -0.4 is 10.6 Å². The van der Waals surface area contributed by atoms with Crippen molar-refractivity contribution in [3.8, 4) is 0 Å². The molecule has 0 unspecified atom stereocenters. The lowest BCUT2D eigenvalue weighted by Crippen LogP contribution is -2.29. The molecule has 108 valence electrons. The van der Waals surface area contributed by atoms with Crippen LogP contribution in [0.3, 0.4) is 0 Å². The van der Waals surface area contributed by atoms with Gasteiger partial charge in [0.05, 0.1) is 16.7 Å². The van der Waals surface area contributed by atoms with Crippen LogP contribution in [-0.2, 0) is 7.05 Å². The molecule has 20 heavy (non-hydrogen) atoms. The Hall–Kier alpha value is -1.71. The number of pyridine rings is 1. The van der Waals surface area contributed by atoms with Gasteiger partial charge < -0.3 is 15.2 Å². The van der Waals surface area contributed by atoms with Crippen molar-refractivity contribution in [3.05, 3.63) is 18.3 Å². The van der Waals surface area contributed by atoms with Crippen molar-refractivity contribution < 1.29 is 0 Å². The van der Waals surface area contributed by atoms with Gasteiger partial charge in [-0.2, -0.15) is 0 Å². The third kappa shape index (κ3) is 2.35. The largest absolute Gasteiger partial charge is 0.396 e. The highest BCUT2D eigenvalue weighted by Gasteiger charge is 2.20. The Morgan fingerprint density at radius 2 is 2.15 bits per heavy atom. The first-order valence-corrected chi connectivity index (χ1v) is 7.65. The van der Waals surface area contributed by atoms with Crippen molar-refractivity contribution >= 4 is 22.5 Å². The first kappa shape index (κ1) is 13.3. The number of hydrogen-bond donors (Lipinski definition) is 1. The van der Waals surface area contributed by atoms with Gasteiger partial charge in [-0.3, -0.25) is 0 Å². The molecule has 2 aromatic rings. The van der Waals surface area contributed by atoms with Crippen LogP contribution in [0.2, 0.25) is 0 Å². The molecule has 1 aliphatic rings. The van der Waals surface area contributed by atoms with Crippen LogP contribution in [0.5, 0.6) is 0 Å². The molecule has 1 fully saturated rings. The van der Waals surface area contributed by atoms with E-state index in [0.29, 0.717) is 0 Å². The Bertz CT molecular complexity index is 596. The van der Waals surface area contributed by atoms with Crippen molar-refractivity contribution in [2.24, 2.45) is 13.0 Å². The minimum absolute atomic E-state index is 0.791. The van der Waals surface area contributed by atoms with Gasteiger partial charge in [0.25, 0.3) is 0 Å². The molecule has 0 saturated heterocycles. The Morgan fingerprint density at radius 1 is 1.40 bits per heavy atom. The van der Waals surface area contributed by atoms with E-state index < -0.39 is 0 Å². The molecular weight excluding hydrogens is 248 g/mol. The Balaban J connectivity index is 1.91. The molecule has 2 aromatic heterocycles. The number of nitrogen functional groups attached to an aromatic ring is 1. The lowest BCUT2D eigenvalue weighted by atomic mass is 10.1. The average Bonchev–Trinajstić information content (AvgIpc) is 3.07. The van der Waals surface area contributed by atoms with Crippen LogP contribution in [0.4, 0.5) is 11.5 Å². The highest BCUT2D eigenvalue weighted by molar-refractivity contribution is 5.84. The standard InChI is InChI=1S/C16H24N4/c1-3-20(11-12-6-4-5-7-12)16-13(17)10-15-14(18-16)8-9-19(15)2/h8-10,12H,3-7,11,17H2,1-2H3. The maximum atomic E-state index is 6.25. The molecule has 4 nitrogen and oxygen atoms in total. The van der Waals surface area contributed by atoms with E-state index in [1.165, 1.54) is 25.7 Å². The molecule has 3 rings (SSSR count).